The number of carbonyl (C=O) groups excluding carboxylic acids is 1. The predicted molar refractivity (Wildman–Crippen MR) is 69.5 cm³/mol. The topological polar surface area (TPSA) is 74.2 Å². The average Bonchev–Trinajstić information content (AvgIpc) is 2.41. The Morgan fingerprint density at radius 3 is 2.76 bits per heavy atom. The number of nitriles is 1. The lowest BCUT2D eigenvalue weighted by Gasteiger charge is -2.16. The third-order valence-corrected chi connectivity index (χ3v) is 2.57. The molecule has 0 fully saturated rings. The van der Waals surface area contributed by atoms with Gasteiger partial charge in [0.25, 0.3) is 0 Å². The zero-order chi connectivity index (χ0) is 15.8. The van der Waals surface area contributed by atoms with E-state index in [2.05, 4.69) is 15.4 Å². The highest BCUT2D eigenvalue weighted by Gasteiger charge is 2.15. The van der Waals surface area contributed by atoms with E-state index in [1.165, 1.54) is 0 Å². The van der Waals surface area contributed by atoms with Crippen LogP contribution in [0.3, 0.4) is 0 Å². The number of hydrogen-bond donors (Lipinski definition) is 2. The fourth-order valence-corrected chi connectivity index (χ4v) is 1.55. The highest BCUT2D eigenvalue weighted by Crippen LogP contribution is 2.26. The number of halogens is 3. The van der Waals surface area contributed by atoms with Gasteiger partial charge in [-0.1, -0.05) is 6.92 Å². The molecule has 1 atom stereocenters. The highest BCUT2D eigenvalue weighted by molar-refractivity contribution is 5.91. The van der Waals surface area contributed by atoms with Crippen molar-refractivity contribution in [3.05, 3.63) is 24.0 Å². The van der Waals surface area contributed by atoms with Crippen LogP contribution in [0, 0.1) is 17.1 Å². The van der Waals surface area contributed by atoms with Crippen molar-refractivity contribution < 1.29 is 22.7 Å². The molecule has 0 aliphatic carbocycles. The van der Waals surface area contributed by atoms with E-state index in [4.69, 9.17) is 5.26 Å². The number of anilines is 1. The minimum absolute atomic E-state index is 0.105. The minimum Gasteiger partial charge on any atom is -0.433 e. The normalized spacial score (nSPS) is 11.6. The van der Waals surface area contributed by atoms with E-state index in [1.54, 1.807) is 6.92 Å². The van der Waals surface area contributed by atoms with Crippen molar-refractivity contribution in [2.24, 2.45) is 0 Å². The summed E-state index contributed by atoms with van der Waals surface area (Å²) < 4.78 is 41.8. The van der Waals surface area contributed by atoms with Gasteiger partial charge in [-0.15, -0.1) is 0 Å². The fraction of sp³-hybridized carbons (Fsp3) is 0.385. The van der Waals surface area contributed by atoms with Gasteiger partial charge in [-0.25, -0.2) is 9.18 Å². The lowest BCUT2D eigenvalue weighted by atomic mass is 10.2. The van der Waals surface area contributed by atoms with E-state index in [1.807, 2.05) is 6.07 Å². The van der Waals surface area contributed by atoms with Gasteiger partial charge in [0.2, 0.25) is 0 Å². The monoisotopic (exact) mass is 301 g/mol. The molecule has 1 aromatic carbocycles. The third kappa shape index (κ3) is 5.60. The van der Waals surface area contributed by atoms with Gasteiger partial charge in [0.1, 0.15) is 11.6 Å². The van der Waals surface area contributed by atoms with E-state index in [-0.39, 0.29) is 23.9 Å². The van der Waals surface area contributed by atoms with Gasteiger partial charge in [-0.2, -0.15) is 14.0 Å². The number of amides is 2. The first-order chi connectivity index (χ1) is 9.96. The van der Waals surface area contributed by atoms with Crippen molar-refractivity contribution >= 4 is 11.7 Å². The van der Waals surface area contributed by atoms with E-state index < -0.39 is 18.5 Å². The van der Waals surface area contributed by atoms with E-state index in [9.17, 15) is 18.0 Å². The Morgan fingerprint density at radius 1 is 1.48 bits per heavy atom. The number of urea groups is 1. The summed E-state index contributed by atoms with van der Waals surface area (Å²) in [5.41, 5.74) is -0.223. The van der Waals surface area contributed by atoms with E-state index >= 15 is 0 Å². The maximum atomic E-state index is 13.1. The molecule has 0 saturated carbocycles. The van der Waals surface area contributed by atoms with E-state index in [0.29, 0.717) is 6.42 Å². The summed E-state index contributed by atoms with van der Waals surface area (Å²) in [5, 5.41) is 13.3. The molecule has 0 saturated heterocycles. The van der Waals surface area contributed by atoms with Gasteiger partial charge in [0.05, 0.1) is 18.2 Å². The van der Waals surface area contributed by atoms with Gasteiger partial charge >= 0.3 is 12.6 Å². The molecule has 8 heteroatoms. The van der Waals surface area contributed by atoms with Crippen LogP contribution in [0.2, 0.25) is 0 Å². The smallest absolute Gasteiger partial charge is 0.387 e. The maximum Gasteiger partial charge on any atom is 0.387 e. The lowest BCUT2D eigenvalue weighted by molar-refractivity contribution is -0.0494. The van der Waals surface area contributed by atoms with Crippen molar-refractivity contribution in [3.63, 3.8) is 0 Å². The summed E-state index contributed by atoms with van der Waals surface area (Å²) in [5.74, 6) is -1.06. The van der Waals surface area contributed by atoms with Crippen LogP contribution < -0.4 is 15.4 Å². The Morgan fingerprint density at radius 2 is 2.19 bits per heavy atom. The number of ether oxygens (including phenoxy) is 1. The maximum absolute atomic E-state index is 13.1. The fourth-order valence-electron chi connectivity index (χ4n) is 1.55. The summed E-state index contributed by atoms with van der Waals surface area (Å²) in [6.07, 6.45) is 0.623. The molecule has 1 rings (SSSR count). The van der Waals surface area contributed by atoms with Crippen molar-refractivity contribution in [2.75, 3.05) is 5.32 Å². The van der Waals surface area contributed by atoms with Crippen molar-refractivity contribution in [2.45, 2.75) is 32.4 Å². The van der Waals surface area contributed by atoms with Crippen LogP contribution in [-0.4, -0.2) is 18.7 Å². The first-order valence-corrected chi connectivity index (χ1v) is 6.15. The van der Waals surface area contributed by atoms with Crippen LogP contribution in [0.25, 0.3) is 0 Å². The largest absolute Gasteiger partial charge is 0.433 e. The van der Waals surface area contributed by atoms with E-state index in [0.717, 1.165) is 18.2 Å². The lowest BCUT2D eigenvalue weighted by Crippen LogP contribution is -2.37. The van der Waals surface area contributed by atoms with Crippen LogP contribution in [0.15, 0.2) is 18.2 Å². The first-order valence-electron chi connectivity index (χ1n) is 6.15. The quantitative estimate of drug-likeness (QED) is 0.847. The summed E-state index contributed by atoms with van der Waals surface area (Å²) in [6.45, 7) is -1.32. The Kier molecular flexibility index (Phi) is 6.33. The highest BCUT2D eigenvalue weighted by atomic mass is 19.3. The molecular formula is C13H14F3N3O2. The SMILES string of the molecule is CC[C@@H](CC#N)NC(=O)Nc1cc(F)ccc1OC(F)F. The molecule has 1 aromatic rings. The minimum atomic E-state index is -3.10. The molecule has 5 nitrogen and oxygen atoms in total. The van der Waals surface area contributed by atoms with Gasteiger partial charge in [-0.05, 0) is 18.6 Å². The standard InChI is InChI=1S/C13H14F3N3O2/c1-2-9(5-6-17)18-13(20)19-10-7-8(14)3-4-11(10)21-12(15)16/h3-4,7,9,12H,2,5H2,1H3,(H2,18,19,20)/t9-/m0/s1. The molecule has 21 heavy (non-hydrogen) atoms. The number of alkyl halides is 2. The summed E-state index contributed by atoms with van der Waals surface area (Å²) >= 11 is 0. The summed E-state index contributed by atoms with van der Waals surface area (Å²) in [7, 11) is 0. The third-order valence-electron chi connectivity index (χ3n) is 2.57. The molecule has 0 aliphatic heterocycles. The number of rotatable bonds is 6. The molecular weight excluding hydrogens is 287 g/mol. The number of benzene rings is 1. The molecule has 0 aliphatic rings. The summed E-state index contributed by atoms with van der Waals surface area (Å²) in [6, 6.07) is 3.58. The average molecular weight is 301 g/mol. The first kappa shape index (κ1) is 16.6. The summed E-state index contributed by atoms with van der Waals surface area (Å²) in [4.78, 5) is 11.7. The molecule has 2 amide bonds. The van der Waals surface area contributed by atoms with Crippen molar-refractivity contribution in [1.29, 1.82) is 5.26 Å². The van der Waals surface area contributed by atoms with Crippen LogP contribution in [0.4, 0.5) is 23.7 Å². The number of nitrogens with one attached hydrogen (secondary N) is 2. The van der Waals surface area contributed by atoms with Gasteiger partial charge in [-0.3, -0.25) is 0 Å². The van der Waals surface area contributed by atoms with Crippen LogP contribution in [0.1, 0.15) is 19.8 Å². The van der Waals surface area contributed by atoms with Gasteiger partial charge in [0, 0.05) is 12.1 Å². The molecule has 0 heterocycles. The van der Waals surface area contributed by atoms with Crippen LogP contribution in [-0.2, 0) is 0 Å². The molecule has 0 bridgehead atoms. The molecule has 2 N–H and O–H groups in total. The van der Waals surface area contributed by atoms with Crippen LogP contribution in [0.5, 0.6) is 5.75 Å². The van der Waals surface area contributed by atoms with Gasteiger partial charge in [0.15, 0.2) is 0 Å². The molecule has 114 valence electrons. The second-order valence-corrected chi connectivity index (χ2v) is 4.08. The Labute approximate surface area is 119 Å². The Bertz CT molecular complexity index is 532. The molecule has 0 spiro atoms. The van der Waals surface area contributed by atoms with Crippen LogP contribution >= 0.6 is 0 Å². The van der Waals surface area contributed by atoms with Crippen molar-refractivity contribution in [3.8, 4) is 11.8 Å². The number of hydrogen-bond acceptors (Lipinski definition) is 3. The Balaban J connectivity index is 2.79. The zero-order valence-electron chi connectivity index (χ0n) is 11.2. The van der Waals surface area contributed by atoms with Crippen molar-refractivity contribution in [1.82, 2.24) is 5.32 Å². The second-order valence-electron chi connectivity index (χ2n) is 4.08. The molecule has 0 unspecified atom stereocenters. The second kappa shape index (κ2) is 7.99. The number of carbonyl (C=O) groups is 1. The predicted octanol–water partition coefficient (Wildman–Crippen LogP) is 3.24. The molecule has 0 radical (unpaired) electrons. The number of nitrogens with zero attached hydrogens (tertiary/aromatic N) is 1. The molecule has 0 aromatic heterocycles. The zero-order valence-corrected chi connectivity index (χ0v) is 11.2. The Hall–Kier alpha value is -2.43. The van der Waals surface area contributed by atoms with Gasteiger partial charge < -0.3 is 15.4 Å².